The topological polar surface area (TPSA) is 22.1 Å². The van der Waals surface area contributed by atoms with Crippen LogP contribution in [0.25, 0.3) is 0 Å². The molecule has 0 aromatic carbocycles. The lowest BCUT2D eigenvalue weighted by Crippen LogP contribution is -2.15. The number of hydrogen-bond acceptors (Lipinski definition) is 2. The van der Waals surface area contributed by atoms with E-state index in [1.807, 2.05) is 12.3 Å². The van der Waals surface area contributed by atoms with Crippen molar-refractivity contribution in [1.29, 1.82) is 0 Å². The molecule has 0 aliphatic rings. The van der Waals surface area contributed by atoms with Crippen LogP contribution in [0.1, 0.15) is 38.4 Å². The molecule has 0 saturated carbocycles. The molecule has 1 heterocycles. The standard InChI is InChI=1S/C12H19NO/c1-5-12(2,3)10-6-7-11(9-14-4)13-8-10/h6-8H,5,9H2,1-4H3. The lowest BCUT2D eigenvalue weighted by molar-refractivity contribution is 0.181. The van der Waals surface area contributed by atoms with Gasteiger partial charge in [-0.3, -0.25) is 4.98 Å². The summed E-state index contributed by atoms with van der Waals surface area (Å²) in [5, 5.41) is 0. The van der Waals surface area contributed by atoms with Crippen LogP contribution in [-0.2, 0) is 16.8 Å². The summed E-state index contributed by atoms with van der Waals surface area (Å²) in [5.74, 6) is 0. The van der Waals surface area contributed by atoms with Gasteiger partial charge in [-0.25, -0.2) is 0 Å². The molecule has 0 aliphatic carbocycles. The largest absolute Gasteiger partial charge is 0.378 e. The van der Waals surface area contributed by atoms with Gasteiger partial charge >= 0.3 is 0 Å². The van der Waals surface area contributed by atoms with Crippen molar-refractivity contribution in [3.8, 4) is 0 Å². The van der Waals surface area contributed by atoms with Gasteiger partial charge in [-0.05, 0) is 23.5 Å². The summed E-state index contributed by atoms with van der Waals surface area (Å²) in [6.45, 7) is 7.26. The van der Waals surface area contributed by atoms with Gasteiger partial charge in [0.15, 0.2) is 0 Å². The summed E-state index contributed by atoms with van der Waals surface area (Å²) in [6, 6.07) is 4.18. The minimum Gasteiger partial charge on any atom is -0.378 e. The Bertz CT molecular complexity index is 277. The van der Waals surface area contributed by atoms with E-state index in [-0.39, 0.29) is 5.41 Å². The third-order valence-electron chi connectivity index (χ3n) is 2.78. The molecule has 1 rings (SSSR count). The average molecular weight is 193 g/mol. The summed E-state index contributed by atoms with van der Waals surface area (Å²) in [6.07, 6.45) is 3.08. The van der Waals surface area contributed by atoms with E-state index in [9.17, 15) is 0 Å². The second kappa shape index (κ2) is 4.56. The molecule has 2 heteroatoms. The van der Waals surface area contributed by atoms with Crippen LogP contribution >= 0.6 is 0 Å². The average Bonchev–Trinajstić information content (AvgIpc) is 2.19. The Kier molecular flexibility index (Phi) is 3.64. The van der Waals surface area contributed by atoms with Crippen molar-refractivity contribution in [1.82, 2.24) is 4.98 Å². The zero-order chi connectivity index (χ0) is 10.6. The Morgan fingerprint density at radius 3 is 2.50 bits per heavy atom. The second-order valence-corrected chi connectivity index (χ2v) is 4.21. The lowest BCUT2D eigenvalue weighted by Gasteiger charge is -2.22. The van der Waals surface area contributed by atoms with Gasteiger partial charge in [0.25, 0.3) is 0 Å². The summed E-state index contributed by atoms with van der Waals surface area (Å²) in [7, 11) is 1.69. The van der Waals surface area contributed by atoms with Crippen molar-refractivity contribution in [2.75, 3.05) is 7.11 Å². The molecule has 0 amide bonds. The lowest BCUT2D eigenvalue weighted by atomic mass is 9.83. The number of rotatable bonds is 4. The number of pyridine rings is 1. The fourth-order valence-electron chi connectivity index (χ4n) is 1.26. The third kappa shape index (κ3) is 2.55. The van der Waals surface area contributed by atoms with Crippen LogP contribution in [0.4, 0.5) is 0 Å². The Morgan fingerprint density at radius 1 is 1.36 bits per heavy atom. The normalized spacial score (nSPS) is 11.7. The molecule has 0 fully saturated rings. The molecule has 0 atom stereocenters. The van der Waals surface area contributed by atoms with E-state index >= 15 is 0 Å². The Hall–Kier alpha value is -0.890. The fraction of sp³-hybridized carbons (Fsp3) is 0.583. The quantitative estimate of drug-likeness (QED) is 0.733. The fourth-order valence-corrected chi connectivity index (χ4v) is 1.26. The highest BCUT2D eigenvalue weighted by Gasteiger charge is 2.17. The Balaban J connectivity index is 2.82. The summed E-state index contributed by atoms with van der Waals surface area (Å²) >= 11 is 0. The maximum Gasteiger partial charge on any atom is 0.0884 e. The first-order valence-electron chi connectivity index (χ1n) is 5.04. The van der Waals surface area contributed by atoms with Crippen molar-refractivity contribution in [3.63, 3.8) is 0 Å². The van der Waals surface area contributed by atoms with Crippen molar-refractivity contribution < 1.29 is 4.74 Å². The molecule has 0 spiro atoms. The van der Waals surface area contributed by atoms with Gasteiger partial charge in [-0.15, -0.1) is 0 Å². The maximum atomic E-state index is 5.02. The van der Waals surface area contributed by atoms with Crippen LogP contribution in [0, 0.1) is 0 Å². The molecule has 0 unspecified atom stereocenters. The van der Waals surface area contributed by atoms with E-state index in [1.165, 1.54) is 5.56 Å². The van der Waals surface area contributed by atoms with E-state index < -0.39 is 0 Å². The molecule has 0 aliphatic heterocycles. The van der Waals surface area contributed by atoms with Crippen molar-refractivity contribution in [3.05, 3.63) is 29.6 Å². The predicted molar refractivity (Wildman–Crippen MR) is 58.3 cm³/mol. The molecule has 0 bridgehead atoms. The smallest absolute Gasteiger partial charge is 0.0884 e. The first-order valence-corrected chi connectivity index (χ1v) is 5.04. The highest BCUT2D eigenvalue weighted by Crippen LogP contribution is 2.25. The summed E-state index contributed by atoms with van der Waals surface area (Å²) in [5.41, 5.74) is 2.50. The number of nitrogens with zero attached hydrogens (tertiary/aromatic N) is 1. The molecule has 0 radical (unpaired) electrons. The van der Waals surface area contributed by atoms with E-state index in [0.29, 0.717) is 6.61 Å². The molecule has 2 nitrogen and oxygen atoms in total. The molecular formula is C12H19NO. The van der Waals surface area contributed by atoms with Gasteiger partial charge in [0.1, 0.15) is 0 Å². The SMILES string of the molecule is CCC(C)(C)c1ccc(COC)nc1. The second-order valence-electron chi connectivity index (χ2n) is 4.21. The van der Waals surface area contributed by atoms with Crippen molar-refractivity contribution in [2.45, 2.75) is 39.2 Å². The van der Waals surface area contributed by atoms with Gasteiger partial charge in [0, 0.05) is 13.3 Å². The van der Waals surface area contributed by atoms with E-state index in [2.05, 4.69) is 31.8 Å². The molecule has 14 heavy (non-hydrogen) atoms. The zero-order valence-corrected chi connectivity index (χ0v) is 9.50. The van der Waals surface area contributed by atoms with Crippen LogP contribution in [0.3, 0.4) is 0 Å². The van der Waals surface area contributed by atoms with Crippen molar-refractivity contribution in [2.24, 2.45) is 0 Å². The molecule has 1 aromatic heterocycles. The molecule has 78 valence electrons. The van der Waals surface area contributed by atoms with Crippen LogP contribution in [0.15, 0.2) is 18.3 Å². The zero-order valence-electron chi connectivity index (χ0n) is 9.50. The molecule has 1 aromatic rings. The van der Waals surface area contributed by atoms with E-state index in [0.717, 1.165) is 12.1 Å². The van der Waals surface area contributed by atoms with E-state index in [4.69, 9.17) is 4.74 Å². The minimum absolute atomic E-state index is 0.221. The van der Waals surface area contributed by atoms with Crippen LogP contribution in [-0.4, -0.2) is 12.1 Å². The first-order chi connectivity index (χ1) is 6.60. The minimum atomic E-state index is 0.221. The number of methoxy groups -OCH3 is 1. The van der Waals surface area contributed by atoms with Gasteiger partial charge in [0.05, 0.1) is 12.3 Å². The Labute approximate surface area is 86.3 Å². The highest BCUT2D eigenvalue weighted by molar-refractivity contribution is 5.21. The Morgan fingerprint density at radius 2 is 2.07 bits per heavy atom. The summed E-state index contributed by atoms with van der Waals surface area (Å²) in [4.78, 5) is 4.36. The highest BCUT2D eigenvalue weighted by atomic mass is 16.5. The number of ether oxygens (including phenoxy) is 1. The number of hydrogen-bond donors (Lipinski definition) is 0. The first kappa shape index (κ1) is 11.2. The van der Waals surface area contributed by atoms with Crippen molar-refractivity contribution >= 4 is 0 Å². The summed E-state index contributed by atoms with van der Waals surface area (Å²) < 4.78 is 5.02. The maximum absolute atomic E-state index is 5.02. The van der Waals surface area contributed by atoms with E-state index in [1.54, 1.807) is 7.11 Å². The monoisotopic (exact) mass is 193 g/mol. The van der Waals surface area contributed by atoms with Crippen LogP contribution in [0.2, 0.25) is 0 Å². The van der Waals surface area contributed by atoms with Gasteiger partial charge in [-0.1, -0.05) is 26.8 Å². The molecule has 0 N–H and O–H groups in total. The molecule has 0 saturated heterocycles. The van der Waals surface area contributed by atoms with Gasteiger partial charge < -0.3 is 4.74 Å². The third-order valence-corrected chi connectivity index (χ3v) is 2.78. The number of aromatic nitrogens is 1. The van der Waals surface area contributed by atoms with Gasteiger partial charge in [0.2, 0.25) is 0 Å². The van der Waals surface area contributed by atoms with Crippen LogP contribution < -0.4 is 0 Å². The predicted octanol–water partition coefficient (Wildman–Crippen LogP) is 2.92. The molecular weight excluding hydrogens is 174 g/mol. The van der Waals surface area contributed by atoms with Crippen LogP contribution in [0.5, 0.6) is 0 Å². The van der Waals surface area contributed by atoms with Gasteiger partial charge in [-0.2, -0.15) is 0 Å².